The molecule has 1 aromatic carbocycles. The number of carbonyl (C=O) groups is 3. The first-order valence-corrected chi connectivity index (χ1v) is 8.83. The maximum absolute atomic E-state index is 12.6. The van der Waals surface area contributed by atoms with Gasteiger partial charge in [-0.15, -0.1) is 0 Å². The van der Waals surface area contributed by atoms with Gasteiger partial charge in [0.1, 0.15) is 12.6 Å². The van der Waals surface area contributed by atoms with Crippen LogP contribution in [0.2, 0.25) is 0 Å². The highest BCUT2D eigenvalue weighted by Gasteiger charge is 2.38. The van der Waals surface area contributed by atoms with Crippen LogP contribution in [0.15, 0.2) is 36.7 Å². The van der Waals surface area contributed by atoms with Gasteiger partial charge < -0.3 is 14.4 Å². The van der Waals surface area contributed by atoms with Gasteiger partial charge >= 0.3 is 0 Å². The third-order valence-corrected chi connectivity index (χ3v) is 4.77. The Morgan fingerprint density at radius 3 is 2.39 bits per heavy atom. The Hall–Kier alpha value is -3.49. The summed E-state index contributed by atoms with van der Waals surface area (Å²) in [7, 11) is 1.48. The summed E-state index contributed by atoms with van der Waals surface area (Å²) in [5.41, 5.74) is 0.662. The molecule has 144 valence electrons. The first-order valence-electron chi connectivity index (χ1n) is 8.83. The molecule has 1 fully saturated rings. The van der Waals surface area contributed by atoms with Crippen molar-refractivity contribution in [3.05, 3.63) is 47.8 Å². The molecule has 2 aliphatic heterocycles. The zero-order chi connectivity index (χ0) is 19.7. The van der Waals surface area contributed by atoms with E-state index in [1.807, 2.05) is 0 Å². The number of fused-ring (bicyclic) bond motifs is 1. The van der Waals surface area contributed by atoms with Crippen molar-refractivity contribution in [1.82, 2.24) is 19.8 Å². The van der Waals surface area contributed by atoms with Crippen LogP contribution in [0.4, 0.5) is 0 Å². The van der Waals surface area contributed by atoms with Crippen molar-refractivity contribution in [3.63, 3.8) is 0 Å². The topological polar surface area (TPSA) is 102 Å². The van der Waals surface area contributed by atoms with E-state index in [0.717, 1.165) is 4.90 Å². The highest BCUT2D eigenvalue weighted by Crippen LogP contribution is 2.25. The lowest BCUT2D eigenvalue weighted by atomic mass is 10.1. The highest BCUT2D eigenvalue weighted by molar-refractivity contribution is 6.22. The summed E-state index contributed by atoms with van der Waals surface area (Å²) < 4.78 is 10.9. The minimum Gasteiger partial charge on any atom is -0.477 e. The Morgan fingerprint density at radius 1 is 1.11 bits per heavy atom. The predicted octanol–water partition coefficient (Wildman–Crippen LogP) is 0.761. The smallest absolute Gasteiger partial charge is 0.278 e. The summed E-state index contributed by atoms with van der Waals surface area (Å²) >= 11 is 0. The molecule has 0 N–H and O–H groups in total. The van der Waals surface area contributed by atoms with Gasteiger partial charge in [-0.25, -0.2) is 9.97 Å². The number of nitrogens with zero attached hydrogens (tertiary/aromatic N) is 4. The molecule has 3 amide bonds. The molecular formula is C19H18N4O5. The second kappa shape index (κ2) is 7.26. The number of aromatic nitrogens is 2. The molecule has 0 bridgehead atoms. The number of likely N-dealkylation sites (tertiary alicyclic amines) is 1. The third kappa shape index (κ3) is 3.15. The van der Waals surface area contributed by atoms with E-state index in [2.05, 4.69) is 9.97 Å². The fourth-order valence-electron chi connectivity index (χ4n) is 3.36. The largest absolute Gasteiger partial charge is 0.477 e. The van der Waals surface area contributed by atoms with Gasteiger partial charge in [0.15, 0.2) is 0 Å². The maximum atomic E-state index is 12.6. The van der Waals surface area contributed by atoms with Gasteiger partial charge in [0.25, 0.3) is 23.6 Å². The predicted molar refractivity (Wildman–Crippen MR) is 96.0 cm³/mol. The first kappa shape index (κ1) is 17.9. The third-order valence-electron chi connectivity index (χ3n) is 4.77. The van der Waals surface area contributed by atoms with Crippen molar-refractivity contribution >= 4 is 17.7 Å². The quantitative estimate of drug-likeness (QED) is 0.704. The van der Waals surface area contributed by atoms with Crippen LogP contribution in [0.3, 0.4) is 0 Å². The number of methoxy groups -OCH3 is 1. The molecule has 9 heteroatoms. The Labute approximate surface area is 160 Å². The molecule has 2 aliphatic rings. The average molecular weight is 382 g/mol. The molecule has 0 saturated carbocycles. The Kier molecular flexibility index (Phi) is 4.64. The number of hydrogen-bond acceptors (Lipinski definition) is 7. The zero-order valence-electron chi connectivity index (χ0n) is 15.2. The van der Waals surface area contributed by atoms with Crippen LogP contribution in [-0.4, -0.2) is 70.3 Å². The number of amides is 3. The molecular weight excluding hydrogens is 364 g/mol. The SMILES string of the molecule is COc1nccnc1OC1CCN(C(=O)CN2C(=O)c3ccccc3C2=O)C1. The zero-order valence-corrected chi connectivity index (χ0v) is 15.2. The lowest BCUT2D eigenvalue weighted by Gasteiger charge is -2.20. The molecule has 3 heterocycles. The first-order chi connectivity index (χ1) is 13.6. The molecule has 1 aromatic heterocycles. The van der Waals surface area contributed by atoms with Gasteiger partial charge in [0, 0.05) is 25.4 Å². The van der Waals surface area contributed by atoms with Crippen LogP contribution in [0.5, 0.6) is 11.8 Å². The van der Waals surface area contributed by atoms with Gasteiger partial charge in [-0.1, -0.05) is 12.1 Å². The number of benzene rings is 1. The van der Waals surface area contributed by atoms with Crippen molar-refractivity contribution in [3.8, 4) is 11.8 Å². The number of carbonyl (C=O) groups excluding carboxylic acids is 3. The average Bonchev–Trinajstić information content (AvgIpc) is 3.28. The maximum Gasteiger partial charge on any atom is 0.278 e. The lowest BCUT2D eigenvalue weighted by molar-refractivity contribution is -0.130. The van der Waals surface area contributed by atoms with E-state index in [1.165, 1.54) is 19.5 Å². The van der Waals surface area contributed by atoms with E-state index in [0.29, 0.717) is 30.6 Å². The van der Waals surface area contributed by atoms with Crippen LogP contribution in [0.25, 0.3) is 0 Å². The van der Waals surface area contributed by atoms with Gasteiger partial charge in [-0.05, 0) is 12.1 Å². The number of rotatable bonds is 5. The lowest BCUT2D eigenvalue weighted by Crippen LogP contribution is -2.42. The molecule has 0 spiro atoms. The summed E-state index contributed by atoms with van der Waals surface area (Å²) in [4.78, 5) is 48.2. The normalized spacial score (nSPS) is 18.4. The Morgan fingerprint density at radius 2 is 1.75 bits per heavy atom. The van der Waals surface area contributed by atoms with Gasteiger partial charge in [-0.3, -0.25) is 19.3 Å². The highest BCUT2D eigenvalue weighted by atomic mass is 16.5. The summed E-state index contributed by atoms with van der Waals surface area (Å²) in [6.45, 7) is 0.518. The van der Waals surface area contributed by atoms with Crippen molar-refractivity contribution in [1.29, 1.82) is 0 Å². The van der Waals surface area contributed by atoms with E-state index >= 15 is 0 Å². The summed E-state index contributed by atoms with van der Waals surface area (Å²) in [5, 5.41) is 0. The van der Waals surface area contributed by atoms with E-state index in [-0.39, 0.29) is 30.3 Å². The number of ether oxygens (including phenoxy) is 2. The Balaban J connectivity index is 1.38. The molecule has 1 unspecified atom stereocenters. The van der Waals surface area contributed by atoms with Crippen LogP contribution in [0, 0.1) is 0 Å². The van der Waals surface area contributed by atoms with Crippen molar-refractivity contribution < 1.29 is 23.9 Å². The fraction of sp³-hybridized carbons (Fsp3) is 0.316. The van der Waals surface area contributed by atoms with E-state index in [4.69, 9.17) is 9.47 Å². The van der Waals surface area contributed by atoms with Gasteiger partial charge in [0.05, 0.1) is 24.8 Å². The summed E-state index contributed by atoms with van der Waals surface area (Å²) in [5.74, 6) is -0.634. The van der Waals surface area contributed by atoms with Crippen LogP contribution in [-0.2, 0) is 4.79 Å². The second-order valence-corrected chi connectivity index (χ2v) is 6.48. The minimum absolute atomic E-state index is 0.267. The summed E-state index contributed by atoms with van der Waals surface area (Å²) in [6, 6.07) is 6.57. The molecule has 1 atom stereocenters. The van der Waals surface area contributed by atoms with Crippen LogP contribution < -0.4 is 9.47 Å². The molecule has 28 heavy (non-hydrogen) atoms. The number of hydrogen-bond donors (Lipinski definition) is 0. The second-order valence-electron chi connectivity index (χ2n) is 6.48. The van der Waals surface area contributed by atoms with Crippen LogP contribution in [0.1, 0.15) is 27.1 Å². The molecule has 2 aromatic rings. The molecule has 4 rings (SSSR count). The minimum atomic E-state index is -0.440. The van der Waals surface area contributed by atoms with Gasteiger partial charge in [-0.2, -0.15) is 0 Å². The van der Waals surface area contributed by atoms with Crippen molar-refractivity contribution in [2.24, 2.45) is 0 Å². The van der Waals surface area contributed by atoms with E-state index in [9.17, 15) is 14.4 Å². The molecule has 9 nitrogen and oxygen atoms in total. The monoisotopic (exact) mass is 382 g/mol. The molecule has 0 radical (unpaired) electrons. The van der Waals surface area contributed by atoms with E-state index < -0.39 is 11.8 Å². The van der Waals surface area contributed by atoms with Crippen molar-refractivity contribution in [2.75, 3.05) is 26.7 Å². The number of imide groups is 1. The van der Waals surface area contributed by atoms with E-state index in [1.54, 1.807) is 29.2 Å². The van der Waals surface area contributed by atoms with Crippen molar-refractivity contribution in [2.45, 2.75) is 12.5 Å². The molecule has 0 aliphatic carbocycles. The summed E-state index contributed by atoms with van der Waals surface area (Å²) in [6.07, 6.45) is 3.33. The fourth-order valence-corrected chi connectivity index (χ4v) is 3.36. The standard InChI is InChI=1S/C19H18N4O5/c1-27-16-17(21-8-7-20-16)28-12-6-9-22(10-12)15(24)11-23-18(25)13-4-2-3-5-14(13)19(23)26/h2-5,7-8,12H,6,9-11H2,1H3. The van der Waals surface area contributed by atoms with Gasteiger partial charge in [0.2, 0.25) is 5.91 Å². The van der Waals surface area contributed by atoms with Crippen LogP contribution >= 0.6 is 0 Å². The Bertz CT molecular complexity index is 912. The molecule has 1 saturated heterocycles.